The van der Waals surface area contributed by atoms with E-state index in [4.69, 9.17) is 0 Å². The van der Waals surface area contributed by atoms with Crippen LogP contribution in [0.15, 0.2) is 36.7 Å². The minimum Gasteiger partial charge on any atom is -0.393 e. The van der Waals surface area contributed by atoms with E-state index in [9.17, 15) is 37.4 Å². The van der Waals surface area contributed by atoms with Crippen molar-refractivity contribution in [3.8, 4) is 0 Å². The Hall–Kier alpha value is -3.58. The summed E-state index contributed by atoms with van der Waals surface area (Å²) >= 11 is 0. The van der Waals surface area contributed by atoms with Crippen LogP contribution >= 0.6 is 7.60 Å². The Bertz CT molecular complexity index is 1620. The maximum atomic E-state index is 14.0. The highest BCUT2D eigenvalue weighted by Gasteiger charge is 2.46. The van der Waals surface area contributed by atoms with Crippen molar-refractivity contribution >= 4 is 36.6 Å². The Morgan fingerprint density at radius 1 is 1.00 bits per heavy atom. The standard InChI is InChI=1S/C30H36F3N6O5P/c1-4-29(5-2,45(42,43)44)24-13-8-18(14-34-24)36-26-22(30(31,32)33)15-35-28(38-26)37-23-12-11-20(17-6-9-19(40)10-7-17)21-16-39(3)27(41)25(21)23/h8,11-15,17,19,40H,4-7,9-10,16H2,1-3H3,(H2,42,43,44)(H2,35,36,37,38). The SMILES string of the molecule is CCC(CC)(c1ccc(Nc2nc(Nc3ccc(C4CCC(O)CC4)c4c3C(=O)N(C)C4)ncc2C(F)(F)F)cn1)P(=O)(O)O. The van der Waals surface area contributed by atoms with Crippen molar-refractivity contribution in [2.45, 2.75) is 82.3 Å². The Morgan fingerprint density at radius 3 is 2.27 bits per heavy atom. The summed E-state index contributed by atoms with van der Waals surface area (Å²) in [5.74, 6) is -0.785. The smallest absolute Gasteiger partial charge is 0.393 e. The van der Waals surface area contributed by atoms with Crippen LogP contribution in [-0.4, -0.2) is 53.8 Å². The highest BCUT2D eigenvalue weighted by atomic mass is 31.2. The zero-order valence-corrected chi connectivity index (χ0v) is 26.0. The fourth-order valence-electron chi connectivity index (χ4n) is 6.37. The predicted octanol–water partition coefficient (Wildman–Crippen LogP) is 6.17. The average molecular weight is 649 g/mol. The molecule has 242 valence electrons. The number of aliphatic hydroxyl groups is 1. The minimum absolute atomic E-state index is 0.111. The van der Waals surface area contributed by atoms with Crippen molar-refractivity contribution in [3.63, 3.8) is 0 Å². The van der Waals surface area contributed by atoms with Gasteiger partial charge >= 0.3 is 13.8 Å². The topological polar surface area (TPSA) is 161 Å². The van der Waals surface area contributed by atoms with Crippen LogP contribution in [0, 0.1) is 0 Å². The molecule has 0 radical (unpaired) electrons. The fourth-order valence-corrected chi connectivity index (χ4v) is 7.62. The molecule has 1 aliphatic carbocycles. The third-order valence-electron chi connectivity index (χ3n) is 9.01. The number of nitrogens with one attached hydrogen (secondary N) is 2. The minimum atomic E-state index is -4.80. The average Bonchev–Trinajstić information content (AvgIpc) is 3.28. The molecule has 1 amide bonds. The molecule has 1 saturated carbocycles. The Morgan fingerprint density at radius 2 is 1.69 bits per heavy atom. The molecule has 5 N–H and O–H groups in total. The number of hydrogen-bond acceptors (Lipinski definition) is 8. The number of aromatic nitrogens is 3. The molecule has 0 spiro atoms. The van der Waals surface area contributed by atoms with Crippen LogP contribution in [0.1, 0.15) is 91.0 Å². The Kier molecular flexibility index (Phi) is 8.98. The monoisotopic (exact) mass is 648 g/mol. The number of aliphatic hydroxyl groups excluding tert-OH is 1. The maximum Gasteiger partial charge on any atom is 0.421 e. The summed E-state index contributed by atoms with van der Waals surface area (Å²) in [6.07, 6.45) is -0.120. The van der Waals surface area contributed by atoms with Gasteiger partial charge in [-0.2, -0.15) is 18.2 Å². The van der Waals surface area contributed by atoms with Gasteiger partial charge in [0.15, 0.2) is 0 Å². The lowest BCUT2D eigenvalue weighted by Gasteiger charge is -2.31. The number of benzene rings is 1. The first-order valence-electron chi connectivity index (χ1n) is 14.8. The van der Waals surface area contributed by atoms with Gasteiger partial charge < -0.3 is 30.4 Å². The lowest BCUT2D eigenvalue weighted by molar-refractivity contribution is -0.137. The van der Waals surface area contributed by atoms with E-state index in [2.05, 4.69) is 25.6 Å². The van der Waals surface area contributed by atoms with Crippen LogP contribution in [0.2, 0.25) is 0 Å². The van der Waals surface area contributed by atoms with Gasteiger partial charge in [-0.3, -0.25) is 14.3 Å². The molecule has 1 fully saturated rings. The number of rotatable bonds is 9. The summed E-state index contributed by atoms with van der Waals surface area (Å²) in [6.45, 7) is 3.66. The van der Waals surface area contributed by atoms with E-state index in [1.165, 1.54) is 18.3 Å². The number of anilines is 4. The first-order chi connectivity index (χ1) is 21.2. The number of fused-ring (bicyclic) bond motifs is 1. The maximum absolute atomic E-state index is 14.0. The van der Waals surface area contributed by atoms with Crippen molar-refractivity contribution in [3.05, 3.63) is 64.6 Å². The molecule has 0 saturated heterocycles. The number of alkyl halides is 3. The lowest BCUT2D eigenvalue weighted by atomic mass is 9.80. The number of amides is 1. The van der Waals surface area contributed by atoms with E-state index in [0.717, 1.165) is 24.0 Å². The van der Waals surface area contributed by atoms with Gasteiger partial charge in [-0.15, -0.1) is 0 Å². The highest BCUT2D eigenvalue weighted by molar-refractivity contribution is 7.53. The molecule has 0 atom stereocenters. The van der Waals surface area contributed by atoms with Gasteiger partial charge in [-0.05, 0) is 73.8 Å². The second kappa shape index (κ2) is 12.3. The van der Waals surface area contributed by atoms with E-state index in [-0.39, 0.29) is 48.1 Å². The third-order valence-corrected chi connectivity index (χ3v) is 11.0. The summed E-state index contributed by atoms with van der Waals surface area (Å²) in [5, 5.41) is 14.0. The number of carbonyl (C=O) groups excluding carboxylic acids is 1. The molecule has 3 aromatic rings. The Labute approximate surface area is 258 Å². The van der Waals surface area contributed by atoms with Gasteiger partial charge in [-0.25, -0.2) is 4.98 Å². The van der Waals surface area contributed by atoms with E-state index in [1.807, 2.05) is 6.07 Å². The molecular weight excluding hydrogens is 612 g/mol. The number of nitrogens with zero attached hydrogens (tertiary/aromatic N) is 4. The van der Waals surface area contributed by atoms with Crippen molar-refractivity contribution < 1.29 is 37.4 Å². The number of carbonyl (C=O) groups is 1. The zero-order valence-electron chi connectivity index (χ0n) is 25.1. The second-order valence-corrected chi connectivity index (χ2v) is 13.6. The summed E-state index contributed by atoms with van der Waals surface area (Å²) in [5.41, 5.74) is 1.75. The number of pyridine rings is 1. The molecule has 5 rings (SSSR count). The molecule has 0 bridgehead atoms. The number of halogens is 3. The van der Waals surface area contributed by atoms with Crippen LogP contribution in [0.3, 0.4) is 0 Å². The van der Waals surface area contributed by atoms with Gasteiger partial charge in [0.1, 0.15) is 16.5 Å². The van der Waals surface area contributed by atoms with Crippen LogP contribution in [-0.2, 0) is 22.4 Å². The molecule has 3 heterocycles. The quantitative estimate of drug-likeness (QED) is 0.170. The summed E-state index contributed by atoms with van der Waals surface area (Å²) in [6, 6.07) is 6.39. The first kappa shape index (κ1) is 32.8. The predicted molar refractivity (Wildman–Crippen MR) is 162 cm³/mol. The largest absolute Gasteiger partial charge is 0.421 e. The lowest BCUT2D eigenvalue weighted by Crippen LogP contribution is -2.25. The molecule has 2 aromatic heterocycles. The van der Waals surface area contributed by atoms with E-state index in [1.54, 1.807) is 31.9 Å². The van der Waals surface area contributed by atoms with Crippen LogP contribution in [0.25, 0.3) is 0 Å². The van der Waals surface area contributed by atoms with Gasteiger partial charge in [0.2, 0.25) is 5.95 Å². The van der Waals surface area contributed by atoms with E-state index < -0.39 is 30.3 Å². The highest BCUT2D eigenvalue weighted by Crippen LogP contribution is 2.60. The summed E-state index contributed by atoms with van der Waals surface area (Å²) in [7, 11) is -2.92. The van der Waals surface area contributed by atoms with Gasteiger partial charge in [0.05, 0.1) is 34.9 Å². The van der Waals surface area contributed by atoms with Crippen molar-refractivity contribution in [2.24, 2.45) is 0 Å². The normalized spacial score (nSPS) is 19.0. The van der Waals surface area contributed by atoms with Crippen molar-refractivity contribution in [1.82, 2.24) is 19.9 Å². The van der Waals surface area contributed by atoms with Crippen LogP contribution < -0.4 is 10.6 Å². The summed E-state index contributed by atoms with van der Waals surface area (Å²) in [4.78, 5) is 47.0. The zero-order chi connectivity index (χ0) is 32.7. The Balaban J connectivity index is 1.47. The molecule has 1 aromatic carbocycles. The number of hydrogen-bond donors (Lipinski definition) is 5. The first-order valence-corrected chi connectivity index (χ1v) is 16.4. The fraction of sp³-hybridized carbons (Fsp3) is 0.467. The molecule has 15 heteroatoms. The molecular formula is C30H36F3N6O5P. The van der Waals surface area contributed by atoms with Crippen molar-refractivity contribution in [1.29, 1.82) is 0 Å². The van der Waals surface area contributed by atoms with Gasteiger partial charge in [-0.1, -0.05) is 19.9 Å². The molecule has 1 aliphatic heterocycles. The van der Waals surface area contributed by atoms with E-state index in [0.29, 0.717) is 36.8 Å². The third kappa shape index (κ3) is 6.29. The molecule has 2 aliphatic rings. The summed E-state index contributed by atoms with van der Waals surface area (Å²) < 4.78 is 54.2. The molecule has 0 unspecified atom stereocenters. The van der Waals surface area contributed by atoms with Gasteiger partial charge in [0.25, 0.3) is 5.91 Å². The second-order valence-electron chi connectivity index (χ2n) is 11.6. The molecule has 45 heavy (non-hydrogen) atoms. The van der Waals surface area contributed by atoms with Crippen LogP contribution in [0.4, 0.5) is 36.3 Å². The van der Waals surface area contributed by atoms with Crippen LogP contribution in [0.5, 0.6) is 0 Å². The van der Waals surface area contributed by atoms with E-state index >= 15 is 0 Å². The van der Waals surface area contributed by atoms with Gasteiger partial charge in [0, 0.05) is 19.8 Å². The van der Waals surface area contributed by atoms with Crippen molar-refractivity contribution in [2.75, 3.05) is 17.7 Å². The molecule has 11 nitrogen and oxygen atoms in total.